The van der Waals surface area contributed by atoms with Gasteiger partial charge in [-0.15, -0.1) is 6.58 Å². The van der Waals surface area contributed by atoms with Gasteiger partial charge in [-0.05, 0) is 36.0 Å². The second-order valence-electron chi connectivity index (χ2n) is 7.75. The molecule has 4 nitrogen and oxygen atoms in total. The van der Waals surface area contributed by atoms with Gasteiger partial charge in [-0.1, -0.05) is 67.6 Å². The summed E-state index contributed by atoms with van der Waals surface area (Å²) >= 11 is 0. The summed E-state index contributed by atoms with van der Waals surface area (Å²) < 4.78 is 0. The number of hydrogen-bond donors (Lipinski definition) is 1. The van der Waals surface area contributed by atoms with Crippen molar-refractivity contribution in [1.29, 1.82) is 0 Å². The molecule has 2 aromatic carbocycles. The standard InChI is InChI=1S/C25H30N2O2/c1-3-16-26-24(29)25(15-10-17-27(19-25)23(28)4-2)18-21-13-8-9-14-22(21)20-11-6-5-7-12-20/h3,5-9,11-14H,1,4,10,15-19H2,2H3,(H,26,29)/t25-/m0/s1. The molecule has 152 valence electrons. The Morgan fingerprint density at radius 2 is 1.86 bits per heavy atom. The molecule has 3 rings (SSSR count). The third-order valence-electron chi connectivity index (χ3n) is 5.75. The van der Waals surface area contributed by atoms with Crippen molar-refractivity contribution in [2.45, 2.75) is 32.6 Å². The van der Waals surface area contributed by atoms with Gasteiger partial charge in [-0.25, -0.2) is 0 Å². The highest BCUT2D eigenvalue weighted by molar-refractivity contribution is 5.85. The number of nitrogens with one attached hydrogen (secondary N) is 1. The number of hydrogen-bond acceptors (Lipinski definition) is 2. The summed E-state index contributed by atoms with van der Waals surface area (Å²) in [6.07, 6.45) is 4.37. The molecule has 4 heteroatoms. The van der Waals surface area contributed by atoms with E-state index in [2.05, 4.69) is 36.2 Å². The SMILES string of the molecule is C=CCNC(=O)[C@]1(Cc2ccccc2-c2ccccc2)CCCN(C(=O)CC)C1. The van der Waals surface area contributed by atoms with Gasteiger partial charge in [0.2, 0.25) is 11.8 Å². The molecule has 0 spiro atoms. The molecule has 0 aromatic heterocycles. The fraction of sp³-hybridized carbons (Fsp3) is 0.360. The van der Waals surface area contributed by atoms with Crippen LogP contribution >= 0.6 is 0 Å². The maximum absolute atomic E-state index is 13.3. The molecule has 2 aromatic rings. The fourth-order valence-corrected chi connectivity index (χ4v) is 4.27. The van der Waals surface area contributed by atoms with Gasteiger partial charge in [-0.3, -0.25) is 9.59 Å². The molecule has 1 fully saturated rings. The Morgan fingerprint density at radius 1 is 1.14 bits per heavy atom. The van der Waals surface area contributed by atoms with Crippen molar-refractivity contribution in [3.05, 3.63) is 72.8 Å². The lowest BCUT2D eigenvalue weighted by Crippen LogP contribution is -2.54. The number of likely N-dealkylation sites (tertiary alicyclic amines) is 1. The predicted molar refractivity (Wildman–Crippen MR) is 117 cm³/mol. The molecule has 29 heavy (non-hydrogen) atoms. The van der Waals surface area contributed by atoms with Crippen LogP contribution in [0.15, 0.2) is 67.3 Å². The van der Waals surface area contributed by atoms with Crippen LogP contribution in [0.5, 0.6) is 0 Å². The highest BCUT2D eigenvalue weighted by Gasteiger charge is 2.43. The Labute approximate surface area is 173 Å². The minimum atomic E-state index is -0.628. The molecule has 2 amide bonds. The van der Waals surface area contributed by atoms with E-state index in [1.54, 1.807) is 6.08 Å². The van der Waals surface area contributed by atoms with Gasteiger partial charge in [-0.2, -0.15) is 0 Å². The largest absolute Gasteiger partial charge is 0.352 e. The van der Waals surface area contributed by atoms with E-state index in [1.165, 1.54) is 0 Å². The number of rotatable bonds is 7. The third-order valence-corrected chi connectivity index (χ3v) is 5.75. The Balaban J connectivity index is 1.97. The molecule has 0 saturated carbocycles. The minimum absolute atomic E-state index is 0.00821. The summed E-state index contributed by atoms with van der Waals surface area (Å²) in [4.78, 5) is 27.6. The van der Waals surface area contributed by atoms with Crippen molar-refractivity contribution >= 4 is 11.8 Å². The lowest BCUT2D eigenvalue weighted by molar-refractivity contribution is -0.141. The number of amides is 2. The van der Waals surface area contributed by atoms with Crippen molar-refractivity contribution in [2.24, 2.45) is 5.41 Å². The number of benzene rings is 2. The highest BCUT2D eigenvalue weighted by atomic mass is 16.2. The summed E-state index contributed by atoms with van der Waals surface area (Å²) in [7, 11) is 0. The average Bonchev–Trinajstić information content (AvgIpc) is 2.78. The van der Waals surface area contributed by atoms with Crippen LogP contribution < -0.4 is 5.32 Å². The van der Waals surface area contributed by atoms with Crippen LogP contribution in [0.25, 0.3) is 11.1 Å². The first kappa shape index (κ1) is 20.8. The van der Waals surface area contributed by atoms with Crippen LogP contribution in [-0.2, 0) is 16.0 Å². The van der Waals surface area contributed by atoms with Gasteiger partial charge in [0.15, 0.2) is 0 Å². The second kappa shape index (κ2) is 9.55. The van der Waals surface area contributed by atoms with Gasteiger partial charge in [0.25, 0.3) is 0 Å². The molecule has 1 aliphatic heterocycles. The zero-order valence-corrected chi connectivity index (χ0v) is 17.2. The van der Waals surface area contributed by atoms with Gasteiger partial charge < -0.3 is 10.2 Å². The first-order valence-corrected chi connectivity index (χ1v) is 10.4. The third kappa shape index (κ3) is 4.76. The van der Waals surface area contributed by atoms with E-state index in [0.717, 1.165) is 36.1 Å². The molecule has 0 unspecified atom stereocenters. The quantitative estimate of drug-likeness (QED) is 0.720. The highest BCUT2D eigenvalue weighted by Crippen LogP contribution is 2.37. The van der Waals surface area contributed by atoms with E-state index in [4.69, 9.17) is 0 Å². The van der Waals surface area contributed by atoms with Gasteiger partial charge in [0, 0.05) is 26.1 Å². The van der Waals surface area contributed by atoms with Crippen molar-refractivity contribution in [1.82, 2.24) is 10.2 Å². The summed E-state index contributed by atoms with van der Waals surface area (Å²) in [5.74, 6) is 0.121. The van der Waals surface area contributed by atoms with Crippen LogP contribution in [0, 0.1) is 5.41 Å². The molecule has 0 aliphatic carbocycles. The maximum atomic E-state index is 13.3. The molecular weight excluding hydrogens is 360 g/mol. The topological polar surface area (TPSA) is 49.4 Å². The Bertz CT molecular complexity index is 862. The van der Waals surface area contributed by atoms with Crippen molar-refractivity contribution in [3.8, 4) is 11.1 Å². The monoisotopic (exact) mass is 390 g/mol. The second-order valence-corrected chi connectivity index (χ2v) is 7.75. The molecule has 1 heterocycles. The van der Waals surface area contributed by atoms with Crippen molar-refractivity contribution < 1.29 is 9.59 Å². The van der Waals surface area contributed by atoms with E-state index in [-0.39, 0.29) is 11.8 Å². The maximum Gasteiger partial charge on any atom is 0.228 e. The number of nitrogens with zero attached hydrogens (tertiary/aromatic N) is 1. The van der Waals surface area contributed by atoms with Gasteiger partial charge in [0.05, 0.1) is 5.41 Å². The fourth-order valence-electron chi connectivity index (χ4n) is 4.27. The summed E-state index contributed by atoms with van der Waals surface area (Å²) in [5, 5.41) is 3.00. The van der Waals surface area contributed by atoms with Crippen LogP contribution in [0.3, 0.4) is 0 Å². The first-order chi connectivity index (χ1) is 14.1. The normalized spacial score (nSPS) is 18.9. The molecule has 1 aliphatic rings. The van der Waals surface area contributed by atoms with E-state index in [1.807, 2.05) is 42.2 Å². The van der Waals surface area contributed by atoms with Crippen LogP contribution in [-0.4, -0.2) is 36.3 Å². The Kier molecular flexibility index (Phi) is 6.86. The average molecular weight is 391 g/mol. The van der Waals surface area contributed by atoms with Crippen molar-refractivity contribution in [2.75, 3.05) is 19.6 Å². The summed E-state index contributed by atoms with van der Waals surface area (Å²) in [5.41, 5.74) is 2.79. The van der Waals surface area contributed by atoms with Crippen molar-refractivity contribution in [3.63, 3.8) is 0 Å². The lowest BCUT2D eigenvalue weighted by Gasteiger charge is -2.42. The van der Waals surface area contributed by atoms with Gasteiger partial charge >= 0.3 is 0 Å². The zero-order valence-electron chi connectivity index (χ0n) is 17.2. The lowest BCUT2D eigenvalue weighted by atomic mass is 9.73. The summed E-state index contributed by atoms with van der Waals surface area (Å²) in [6.45, 7) is 7.21. The molecule has 1 saturated heterocycles. The van der Waals surface area contributed by atoms with Crippen LogP contribution in [0.4, 0.5) is 0 Å². The number of piperidine rings is 1. The first-order valence-electron chi connectivity index (χ1n) is 10.4. The zero-order chi connectivity index (χ0) is 20.7. The number of carbonyl (C=O) groups excluding carboxylic acids is 2. The smallest absolute Gasteiger partial charge is 0.228 e. The summed E-state index contributed by atoms with van der Waals surface area (Å²) in [6, 6.07) is 18.5. The van der Waals surface area contributed by atoms with Crippen LogP contribution in [0.1, 0.15) is 31.7 Å². The number of carbonyl (C=O) groups is 2. The van der Waals surface area contributed by atoms with E-state index in [9.17, 15) is 9.59 Å². The molecule has 1 atom stereocenters. The van der Waals surface area contributed by atoms with Crippen LogP contribution in [0.2, 0.25) is 0 Å². The predicted octanol–water partition coefficient (Wildman–Crippen LogP) is 4.22. The molecule has 0 bridgehead atoms. The minimum Gasteiger partial charge on any atom is -0.352 e. The molecular formula is C25H30N2O2. The van der Waals surface area contributed by atoms with E-state index >= 15 is 0 Å². The Morgan fingerprint density at radius 3 is 2.59 bits per heavy atom. The molecule has 1 N–H and O–H groups in total. The van der Waals surface area contributed by atoms with E-state index < -0.39 is 5.41 Å². The Hall–Kier alpha value is -2.88. The van der Waals surface area contributed by atoms with Gasteiger partial charge in [0.1, 0.15) is 0 Å². The molecule has 0 radical (unpaired) electrons. The van der Waals surface area contributed by atoms with E-state index in [0.29, 0.717) is 25.9 Å².